The molecule has 0 saturated heterocycles. The molecule has 0 unspecified atom stereocenters. The predicted molar refractivity (Wildman–Crippen MR) is 53.0 cm³/mol. The van der Waals surface area contributed by atoms with Crippen LogP contribution in [0.15, 0.2) is 16.9 Å². The number of nitrogens with zero attached hydrogens (tertiary/aromatic N) is 2. The van der Waals surface area contributed by atoms with Crippen LogP contribution < -0.4 is 0 Å². The first-order chi connectivity index (χ1) is 6.65. The van der Waals surface area contributed by atoms with Crippen LogP contribution in [-0.4, -0.2) is 9.55 Å². The maximum absolute atomic E-state index is 13.5. The number of aromatic nitrogens is 2. The number of benzene rings is 1. The van der Waals surface area contributed by atoms with Gasteiger partial charge in [-0.3, -0.25) is 0 Å². The van der Waals surface area contributed by atoms with Crippen molar-refractivity contribution in [2.45, 2.75) is 13.5 Å². The third-order valence-electron chi connectivity index (χ3n) is 2.08. The van der Waals surface area contributed by atoms with E-state index in [9.17, 15) is 8.78 Å². The van der Waals surface area contributed by atoms with Crippen molar-refractivity contribution >= 4 is 27.0 Å². The van der Waals surface area contributed by atoms with Gasteiger partial charge in [0.05, 0.1) is 16.3 Å². The molecule has 74 valence electrons. The van der Waals surface area contributed by atoms with Crippen LogP contribution in [0.1, 0.15) is 6.92 Å². The third kappa shape index (κ3) is 1.23. The van der Waals surface area contributed by atoms with Crippen molar-refractivity contribution in [1.29, 1.82) is 0 Å². The second kappa shape index (κ2) is 3.31. The van der Waals surface area contributed by atoms with Gasteiger partial charge in [0.15, 0.2) is 11.6 Å². The number of rotatable bonds is 1. The van der Waals surface area contributed by atoms with Gasteiger partial charge in [-0.05, 0) is 28.9 Å². The van der Waals surface area contributed by atoms with E-state index in [2.05, 4.69) is 20.9 Å². The Morgan fingerprint density at radius 2 is 2.14 bits per heavy atom. The van der Waals surface area contributed by atoms with Crippen LogP contribution in [0.2, 0.25) is 0 Å². The highest BCUT2D eigenvalue weighted by Gasteiger charge is 2.15. The Morgan fingerprint density at radius 3 is 2.79 bits per heavy atom. The lowest BCUT2D eigenvalue weighted by atomic mass is 10.3. The van der Waals surface area contributed by atoms with Crippen molar-refractivity contribution in [3.8, 4) is 0 Å². The summed E-state index contributed by atoms with van der Waals surface area (Å²) in [6.07, 6.45) is 1.50. The lowest BCUT2D eigenvalue weighted by Gasteiger charge is -2.02. The number of halogens is 3. The van der Waals surface area contributed by atoms with Crippen molar-refractivity contribution in [1.82, 2.24) is 9.55 Å². The summed E-state index contributed by atoms with van der Waals surface area (Å²) >= 11 is 2.93. The SMILES string of the molecule is CCn1cnc2cc(Br)c(F)c(F)c21. The van der Waals surface area contributed by atoms with E-state index < -0.39 is 11.6 Å². The van der Waals surface area contributed by atoms with E-state index in [1.54, 1.807) is 4.57 Å². The quantitative estimate of drug-likeness (QED) is 0.721. The van der Waals surface area contributed by atoms with Gasteiger partial charge in [-0.15, -0.1) is 0 Å². The van der Waals surface area contributed by atoms with Gasteiger partial charge in [0.25, 0.3) is 0 Å². The Bertz CT molecular complexity index is 493. The van der Waals surface area contributed by atoms with Gasteiger partial charge in [0.1, 0.15) is 5.52 Å². The topological polar surface area (TPSA) is 17.8 Å². The maximum atomic E-state index is 13.5. The van der Waals surface area contributed by atoms with Crippen LogP contribution in [0.25, 0.3) is 11.0 Å². The first-order valence-corrected chi connectivity index (χ1v) is 4.92. The summed E-state index contributed by atoms with van der Waals surface area (Å²) in [4.78, 5) is 3.98. The minimum Gasteiger partial charge on any atom is -0.328 e. The summed E-state index contributed by atoms with van der Waals surface area (Å²) in [5.41, 5.74) is 0.672. The largest absolute Gasteiger partial charge is 0.328 e. The van der Waals surface area contributed by atoms with Gasteiger partial charge >= 0.3 is 0 Å². The van der Waals surface area contributed by atoms with Crippen LogP contribution in [0.3, 0.4) is 0 Å². The zero-order chi connectivity index (χ0) is 10.3. The molecule has 0 atom stereocenters. The molecule has 0 amide bonds. The molecule has 0 spiro atoms. The highest BCUT2D eigenvalue weighted by atomic mass is 79.9. The van der Waals surface area contributed by atoms with Crippen molar-refractivity contribution < 1.29 is 8.78 Å². The van der Waals surface area contributed by atoms with Crippen LogP contribution in [0, 0.1) is 11.6 Å². The minimum atomic E-state index is -0.868. The Hall–Kier alpha value is -0.970. The summed E-state index contributed by atoms with van der Waals surface area (Å²) < 4.78 is 28.3. The fraction of sp³-hybridized carbons (Fsp3) is 0.222. The van der Waals surface area contributed by atoms with E-state index in [1.807, 2.05) is 6.92 Å². The van der Waals surface area contributed by atoms with Gasteiger partial charge in [-0.2, -0.15) is 0 Å². The summed E-state index contributed by atoms with van der Waals surface area (Å²) in [6, 6.07) is 1.47. The average Bonchev–Trinajstić information content (AvgIpc) is 2.57. The molecule has 1 aromatic heterocycles. The number of aryl methyl sites for hydroxylation is 1. The van der Waals surface area contributed by atoms with E-state index in [1.165, 1.54) is 12.4 Å². The minimum absolute atomic E-state index is 0.101. The van der Waals surface area contributed by atoms with Crippen molar-refractivity contribution in [2.75, 3.05) is 0 Å². The first-order valence-electron chi connectivity index (χ1n) is 4.13. The predicted octanol–water partition coefficient (Wildman–Crippen LogP) is 3.10. The van der Waals surface area contributed by atoms with Gasteiger partial charge in [0, 0.05) is 6.54 Å². The zero-order valence-corrected chi connectivity index (χ0v) is 8.98. The molecule has 0 N–H and O–H groups in total. The molecule has 0 saturated carbocycles. The van der Waals surface area contributed by atoms with Gasteiger partial charge in [0.2, 0.25) is 0 Å². The third-order valence-corrected chi connectivity index (χ3v) is 2.66. The number of imidazole rings is 1. The molecule has 5 heteroatoms. The van der Waals surface area contributed by atoms with E-state index in [0.717, 1.165) is 0 Å². The van der Waals surface area contributed by atoms with Crippen LogP contribution in [0.5, 0.6) is 0 Å². The fourth-order valence-electron chi connectivity index (χ4n) is 1.37. The summed E-state index contributed by atoms with van der Waals surface area (Å²) in [5.74, 6) is -1.72. The molecular formula is C9H7BrF2N2. The number of hydrogen-bond acceptors (Lipinski definition) is 1. The van der Waals surface area contributed by atoms with Crippen molar-refractivity contribution in [3.05, 3.63) is 28.5 Å². The maximum Gasteiger partial charge on any atom is 0.185 e. The lowest BCUT2D eigenvalue weighted by molar-refractivity contribution is 0.507. The van der Waals surface area contributed by atoms with Crippen molar-refractivity contribution in [2.24, 2.45) is 0 Å². The number of fused-ring (bicyclic) bond motifs is 1. The molecule has 0 aliphatic heterocycles. The van der Waals surface area contributed by atoms with Crippen LogP contribution in [-0.2, 0) is 6.54 Å². The molecular weight excluding hydrogens is 254 g/mol. The molecule has 0 aliphatic rings. The number of hydrogen-bond donors (Lipinski definition) is 0. The van der Waals surface area contributed by atoms with E-state index in [-0.39, 0.29) is 9.99 Å². The molecule has 0 radical (unpaired) electrons. The second-order valence-corrected chi connectivity index (χ2v) is 3.74. The molecule has 0 fully saturated rings. The van der Waals surface area contributed by atoms with E-state index in [4.69, 9.17) is 0 Å². The Morgan fingerprint density at radius 1 is 1.43 bits per heavy atom. The normalized spacial score (nSPS) is 11.1. The summed E-state index contributed by atoms with van der Waals surface area (Å²) in [7, 11) is 0. The van der Waals surface area contributed by atoms with E-state index in [0.29, 0.717) is 12.1 Å². The molecule has 0 aliphatic carbocycles. The average molecular weight is 261 g/mol. The zero-order valence-electron chi connectivity index (χ0n) is 7.39. The highest BCUT2D eigenvalue weighted by Crippen LogP contribution is 2.26. The van der Waals surface area contributed by atoms with Crippen molar-refractivity contribution in [3.63, 3.8) is 0 Å². The van der Waals surface area contributed by atoms with Gasteiger partial charge in [-0.25, -0.2) is 13.8 Å². The van der Waals surface area contributed by atoms with Gasteiger partial charge < -0.3 is 4.57 Å². The Labute approximate surface area is 87.7 Å². The monoisotopic (exact) mass is 260 g/mol. The molecule has 2 nitrogen and oxygen atoms in total. The molecule has 2 aromatic rings. The highest BCUT2D eigenvalue weighted by molar-refractivity contribution is 9.10. The fourth-order valence-corrected chi connectivity index (χ4v) is 1.76. The molecule has 2 rings (SSSR count). The Balaban J connectivity index is 2.88. The molecule has 0 bridgehead atoms. The smallest absolute Gasteiger partial charge is 0.185 e. The second-order valence-electron chi connectivity index (χ2n) is 2.88. The first kappa shape index (κ1) is 9.58. The van der Waals surface area contributed by atoms with E-state index >= 15 is 0 Å². The summed E-state index contributed by atoms with van der Waals surface area (Å²) in [6.45, 7) is 2.41. The lowest BCUT2D eigenvalue weighted by Crippen LogP contribution is -1.96. The van der Waals surface area contributed by atoms with Crippen LogP contribution in [0.4, 0.5) is 8.78 Å². The Kier molecular flexibility index (Phi) is 2.26. The standard InChI is InChI=1S/C9H7BrF2N2/c1-2-14-4-13-6-3-5(10)7(11)8(12)9(6)14/h3-4H,2H2,1H3. The molecule has 1 aromatic carbocycles. The van der Waals surface area contributed by atoms with Crippen LogP contribution >= 0.6 is 15.9 Å². The molecule has 14 heavy (non-hydrogen) atoms. The van der Waals surface area contributed by atoms with Gasteiger partial charge in [-0.1, -0.05) is 0 Å². The molecule has 1 heterocycles. The summed E-state index contributed by atoms with van der Waals surface area (Å²) in [5, 5.41) is 0.